The van der Waals surface area contributed by atoms with E-state index in [0.717, 1.165) is 12.1 Å². The number of aliphatic hydroxyl groups is 1. The Labute approximate surface area is 103 Å². The zero-order valence-electron chi connectivity index (χ0n) is 9.76. The first-order valence-electron chi connectivity index (χ1n) is 5.05. The number of halogens is 2. The predicted molar refractivity (Wildman–Crippen MR) is 68.3 cm³/mol. The number of thioether (sulfide) groups is 1. The maximum atomic E-state index is 13.4. The molecule has 1 rings (SSSR count). The highest BCUT2D eigenvalue weighted by Gasteiger charge is 2.21. The van der Waals surface area contributed by atoms with Crippen molar-refractivity contribution < 1.29 is 13.9 Å². The summed E-state index contributed by atoms with van der Waals surface area (Å²) in [7, 11) is 0. The van der Waals surface area contributed by atoms with Crippen LogP contribution < -0.4 is 11.1 Å². The Morgan fingerprint density at radius 2 is 1.94 bits per heavy atom. The van der Waals surface area contributed by atoms with Crippen LogP contribution in [0.5, 0.6) is 0 Å². The highest BCUT2D eigenvalue weighted by atomic mass is 32.2. The Balaban J connectivity index is 2.76. The molecule has 1 atom stereocenters. The van der Waals surface area contributed by atoms with Gasteiger partial charge in [0.05, 0.1) is 5.60 Å². The van der Waals surface area contributed by atoms with Gasteiger partial charge in [0.2, 0.25) is 0 Å². The van der Waals surface area contributed by atoms with Crippen molar-refractivity contribution in [3.63, 3.8) is 0 Å². The van der Waals surface area contributed by atoms with Gasteiger partial charge in [0.25, 0.3) is 0 Å². The van der Waals surface area contributed by atoms with Crippen molar-refractivity contribution >= 4 is 23.1 Å². The van der Waals surface area contributed by atoms with E-state index in [-0.39, 0.29) is 17.9 Å². The summed E-state index contributed by atoms with van der Waals surface area (Å²) in [5.74, 6) is -1.05. The number of hydrogen-bond donors (Lipinski definition) is 3. The number of nitrogens with one attached hydrogen (secondary N) is 1. The molecule has 4 N–H and O–H groups in total. The topological polar surface area (TPSA) is 58.3 Å². The van der Waals surface area contributed by atoms with Crippen LogP contribution in [0.2, 0.25) is 0 Å². The first-order chi connectivity index (χ1) is 7.85. The van der Waals surface area contributed by atoms with Gasteiger partial charge < -0.3 is 16.2 Å². The van der Waals surface area contributed by atoms with E-state index in [1.165, 1.54) is 11.8 Å². The molecule has 17 heavy (non-hydrogen) atoms. The molecule has 0 aliphatic carbocycles. The van der Waals surface area contributed by atoms with E-state index in [4.69, 9.17) is 5.73 Å². The quantitative estimate of drug-likeness (QED) is 0.711. The summed E-state index contributed by atoms with van der Waals surface area (Å²) in [6, 6.07) is 2.07. The van der Waals surface area contributed by atoms with Crippen LogP contribution in [0.25, 0.3) is 0 Å². The fraction of sp³-hybridized carbons (Fsp3) is 0.455. The molecule has 0 radical (unpaired) electrons. The van der Waals surface area contributed by atoms with Gasteiger partial charge >= 0.3 is 0 Å². The molecule has 0 amide bonds. The van der Waals surface area contributed by atoms with Gasteiger partial charge in [-0.1, -0.05) is 0 Å². The average Bonchev–Trinajstić information content (AvgIpc) is 2.15. The molecule has 96 valence electrons. The summed E-state index contributed by atoms with van der Waals surface area (Å²) in [6.07, 6.45) is 1.85. The fourth-order valence-corrected chi connectivity index (χ4v) is 2.13. The van der Waals surface area contributed by atoms with E-state index in [1.54, 1.807) is 6.92 Å². The van der Waals surface area contributed by atoms with Crippen molar-refractivity contribution in [1.29, 1.82) is 0 Å². The maximum Gasteiger partial charge on any atom is 0.151 e. The van der Waals surface area contributed by atoms with Crippen molar-refractivity contribution in [3.8, 4) is 0 Å². The number of nitrogens with two attached hydrogens (primary N) is 1. The fourth-order valence-electron chi connectivity index (χ4n) is 1.40. The molecule has 0 saturated carbocycles. The monoisotopic (exact) mass is 262 g/mol. The van der Waals surface area contributed by atoms with Gasteiger partial charge in [-0.25, -0.2) is 8.78 Å². The predicted octanol–water partition coefficient (Wildman–Crippen LogP) is 2.07. The lowest BCUT2D eigenvalue weighted by molar-refractivity contribution is 0.0996. The lowest BCUT2D eigenvalue weighted by Gasteiger charge is -2.23. The summed E-state index contributed by atoms with van der Waals surface area (Å²) in [5.41, 5.74) is 4.04. The Kier molecular flexibility index (Phi) is 4.59. The maximum absolute atomic E-state index is 13.4. The van der Waals surface area contributed by atoms with Gasteiger partial charge in [0.15, 0.2) is 11.6 Å². The number of benzene rings is 1. The zero-order valence-corrected chi connectivity index (χ0v) is 10.6. The number of anilines is 2. The molecule has 1 aromatic carbocycles. The summed E-state index contributed by atoms with van der Waals surface area (Å²) >= 11 is 1.46. The van der Waals surface area contributed by atoms with Gasteiger partial charge in [0.1, 0.15) is 5.69 Å². The summed E-state index contributed by atoms with van der Waals surface area (Å²) in [6.45, 7) is 1.66. The second-order valence-corrected chi connectivity index (χ2v) is 5.01. The minimum absolute atomic E-state index is 0.0291. The molecule has 0 aliphatic rings. The van der Waals surface area contributed by atoms with E-state index in [2.05, 4.69) is 5.32 Å². The lowest BCUT2D eigenvalue weighted by atomic mass is 10.1. The van der Waals surface area contributed by atoms with Crippen LogP contribution in [-0.4, -0.2) is 29.3 Å². The summed E-state index contributed by atoms with van der Waals surface area (Å²) in [5, 5.41) is 12.4. The van der Waals surface area contributed by atoms with Crippen molar-refractivity contribution in [2.24, 2.45) is 0 Å². The molecular weight excluding hydrogens is 246 g/mol. The van der Waals surface area contributed by atoms with E-state index in [1.807, 2.05) is 6.26 Å². The first kappa shape index (κ1) is 14.1. The van der Waals surface area contributed by atoms with Crippen LogP contribution >= 0.6 is 11.8 Å². The molecule has 0 spiro atoms. The Morgan fingerprint density at radius 1 is 1.41 bits per heavy atom. The third-order valence-electron chi connectivity index (χ3n) is 2.17. The molecule has 0 aliphatic heterocycles. The van der Waals surface area contributed by atoms with Gasteiger partial charge in [-0.3, -0.25) is 0 Å². The summed E-state index contributed by atoms with van der Waals surface area (Å²) < 4.78 is 26.8. The lowest BCUT2D eigenvalue weighted by Crippen LogP contribution is -2.36. The van der Waals surface area contributed by atoms with Crippen molar-refractivity contribution in [1.82, 2.24) is 0 Å². The number of hydrogen-bond acceptors (Lipinski definition) is 4. The van der Waals surface area contributed by atoms with E-state index in [9.17, 15) is 13.9 Å². The highest BCUT2D eigenvalue weighted by Crippen LogP contribution is 2.23. The molecule has 6 heteroatoms. The SMILES string of the molecule is CSCC(C)(O)CNc1c(F)cc(N)cc1F. The van der Waals surface area contributed by atoms with Crippen LogP contribution in [0.3, 0.4) is 0 Å². The highest BCUT2D eigenvalue weighted by molar-refractivity contribution is 7.98. The zero-order chi connectivity index (χ0) is 13.1. The second-order valence-electron chi connectivity index (χ2n) is 4.14. The molecule has 0 aromatic heterocycles. The molecule has 0 fully saturated rings. The van der Waals surface area contributed by atoms with Gasteiger partial charge in [0, 0.05) is 18.0 Å². The van der Waals surface area contributed by atoms with Crippen LogP contribution in [0.1, 0.15) is 6.92 Å². The molecule has 1 aromatic rings. The standard InChI is InChI=1S/C11H16F2N2OS/c1-11(16,6-17-2)5-15-10-8(12)3-7(14)4-9(10)13/h3-4,15-16H,5-6,14H2,1-2H3. The molecule has 0 bridgehead atoms. The van der Waals surface area contributed by atoms with Crippen LogP contribution in [0, 0.1) is 11.6 Å². The molecule has 0 saturated heterocycles. The van der Waals surface area contributed by atoms with E-state index >= 15 is 0 Å². The Hall–Kier alpha value is -1.01. The largest absolute Gasteiger partial charge is 0.399 e. The van der Waals surface area contributed by atoms with Crippen molar-refractivity contribution in [3.05, 3.63) is 23.8 Å². The van der Waals surface area contributed by atoms with Crippen LogP contribution in [0.15, 0.2) is 12.1 Å². The second kappa shape index (κ2) is 5.55. The average molecular weight is 262 g/mol. The molecular formula is C11H16F2N2OS. The molecule has 0 heterocycles. The van der Waals surface area contributed by atoms with E-state index < -0.39 is 17.2 Å². The minimum Gasteiger partial charge on any atom is -0.399 e. The van der Waals surface area contributed by atoms with Gasteiger partial charge in [-0.05, 0) is 25.3 Å². The number of nitrogen functional groups attached to an aromatic ring is 1. The van der Waals surface area contributed by atoms with Gasteiger partial charge in [-0.15, -0.1) is 0 Å². The Bertz CT molecular complexity index is 376. The Morgan fingerprint density at radius 3 is 2.41 bits per heavy atom. The van der Waals surface area contributed by atoms with Crippen molar-refractivity contribution in [2.45, 2.75) is 12.5 Å². The number of rotatable bonds is 5. The van der Waals surface area contributed by atoms with Crippen LogP contribution in [0.4, 0.5) is 20.2 Å². The van der Waals surface area contributed by atoms with Crippen LogP contribution in [-0.2, 0) is 0 Å². The third kappa shape index (κ3) is 4.05. The normalized spacial score (nSPS) is 14.4. The molecule has 1 unspecified atom stereocenters. The first-order valence-corrected chi connectivity index (χ1v) is 6.45. The van der Waals surface area contributed by atoms with Crippen molar-refractivity contribution in [2.75, 3.05) is 29.6 Å². The third-order valence-corrected chi connectivity index (χ3v) is 3.08. The molecule has 3 nitrogen and oxygen atoms in total. The summed E-state index contributed by atoms with van der Waals surface area (Å²) in [4.78, 5) is 0. The smallest absolute Gasteiger partial charge is 0.151 e. The van der Waals surface area contributed by atoms with E-state index in [0.29, 0.717) is 5.75 Å². The minimum atomic E-state index is -1.03. The van der Waals surface area contributed by atoms with Gasteiger partial charge in [-0.2, -0.15) is 11.8 Å².